The number of carbonyl (C=O) groups excluding carboxylic acids is 1. The van der Waals surface area contributed by atoms with Gasteiger partial charge in [-0.1, -0.05) is 0 Å². The molecule has 44 heavy (non-hydrogen) atoms. The monoisotopic (exact) mass is 617 g/mol. The summed E-state index contributed by atoms with van der Waals surface area (Å²) in [5, 5.41) is 10.3. The molecule has 1 unspecified atom stereocenters. The van der Waals surface area contributed by atoms with Crippen molar-refractivity contribution < 1.29 is 46.1 Å². The molecule has 3 aromatic rings. The molecule has 6 nitrogen and oxygen atoms in total. The van der Waals surface area contributed by atoms with Crippen molar-refractivity contribution in [1.29, 1.82) is 0 Å². The number of rotatable bonds is 5. The Hall–Kier alpha value is -3.99. The van der Waals surface area contributed by atoms with Crippen LogP contribution in [-0.4, -0.2) is 35.7 Å². The smallest absolute Gasteiger partial charge is 0.416 e. The number of aryl methyl sites for hydroxylation is 1. The normalized spacial score (nSPS) is 15.5. The molecule has 0 fully saturated rings. The number of carboxylic acids is 1. The molecule has 1 N–H and O–H groups in total. The van der Waals surface area contributed by atoms with Gasteiger partial charge in [-0.2, -0.15) is 13.2 Å². The van der Waals surface area contributed by atoms with Gasteiger partial charge < -0.3 is 19.5 Å². The van der Waals surface area contributed by atoms with Crippen LogP contribution in [0, 0.1) is 25.5 Å². The number of hydrogen-bond donors (Lipinski definition) is 1. The number of aliphatic carboxylic acids is 1. The predicted molar refractivity (Wildman–Crippen MR) is 153 cm³/mol. The van der Waals surface area contributed by atoms with Crippen molar-refractivity contribution in [2.45, 2.75) is 71.8 Å². The summed E-state index contributed by atoms with van der Waals surface area (Å²) in [6.07, 6.45) is -4.94. The number of ether oxygens (including phenoxy) is 2. The summed E-state index contributed by atoms with van der Waals surface area (Å²) in [5.41, 5.74) is 0.985. The van der Waals surface area contributed by atoms with Gasteiger partial charge in [-0.3, -0.25) is 4.79 Å². The Labute approximate surface area is 251 Å². The van der Waals surface area contributed by atoms with Crippen LogP contribution in [0.15, 0.2) is 30.3 Å². The molecule has 0 radical (unpaired) electrons. The summed E-state index contributed by atoms with van der Waals surface area (Å²) in [7, 11) is 0. The van der Waals surface area contributed by atoms with Gasteiger partial charge in [-0.15, -0.1) is 0 Å². The molecule has 2 aliphatic rings. The molecule has 0 spiro atoms. The minimum Gasteiger partial charge on any atom is -0.490 e. The number of benzene rings is 3. The number of amides is 1. The number of hydrogen-bond acceptors (Lipinski definition) is 4. The third kappa shape index (κ3) is 5.77. The molecule has 1 amide bonds. The molecule has 0 aromatic heterocycles. The van der Waals surface area contributed by atoms with Gasteiger partial charge in [-0.05, 0) is 112 Å². The zero-order chi connectivity index (χ0) is 32.3. The molecule has 3 aromatic carbocycles. The number of alkyl halides is 3. The maximum Gasteiger partial charge on any atom is 0.416 e. The lowest BCUT2D eigenvalue weighted by atomic mass is 9.83. The van der Waals surface area contributed by atoms with E-state index in [4.69, 9.17) is 9.47 Å². The summed E-state index contributed by atoms with van der Waals surface area (Å²) in [5.74, 6) is -3.80. The van der Waals surface area contributed by atoms with Crippen LogP contribution in [0.1, 0.15) is 77.0 Å². The largest absolute Gasteiger partial charge is 0.490 e. The number of carboxylic acid groups (broad SMARTS) is 1. The highest BCUT2D eigenvalue weighted by Gasteiger charge is 2.38. The molecule has 0 aliphatic carbocycles. The van der Waals surface area contributed by atoms with E-state index < -0.39 is 52.5 Å². The lowest BCUT2D eigenvalue weighted by Crippen LogP contribution is -2.30. The number of halogens is 5. The van der Waals surface area contributed by atoms with Gasteiger partial charge in [0.25, 0.3) is 5.91 Å². The Morgan fingerprint density at radius 1 is 1.00 bits per heavy atom. The van der Waals surface area contributed by atoms with Crippen molar-refractivity contribution in [1.82, 2.24) is 0 Å². The lowest BCUT2D eigenvalue weighted by Gasteiger charge is -2.30. The Bertz CT molecular complexity index is 1670. The van der Waals surface area contributed by atoms with E-state index in [1.807, 2.05) is 0 Å². The first kappa shape index (κ1) is 31.4. The predicted octanol–water partition coefficient (Wildman–Crippen LogP) is 7.74. The van der Waals surface area contributed by atoms with Crippen LogP contribution in [0.4, 0.5) is 27.6 Å². The van der Waals surface area contributed by atoms with Gasteiger partial charge in [0, 0.05) is 28.9 Å². The van der Waals surface area contributed by atoms with Crippen molar-refractivity contribution in [3.8, 4) is 16.9 Å². The first-order valence-electron chi connectivity index (χ1n) is 14.2. The Kier molecular flexibility index (Phi) is 7.99. The van der Waals surface area contributed by atoms with Crippen molar-refractivity contribution in [3.05, 3.63) is 80.9 Å². The lowest BCUT2D eigenvalue weighted by molar-refractivity contribution is -0.160. The summed E-state index contributed by atoms with van der Waals surface area (Å²) >= 11 is 0. The minimum atomic E-state index is -4.87. The van der Waals surface area contributed by atoms with E-state index >= 15 is 4.39 Å². The maximum absolute atomic E-state index is 15.5. The van der Waals surface area contributed by atoms with Crippen LogP contribution >= 0.6 is 0 Å². The van der Waals surface area contributed by atoms with E-state index in [9.17, 15) is 32.3 Å². The van der Waals surface area contributed by atoms with Gasteiger partial charge in [0.05, 0.1) is 17.8 Å². The molecule has 1 atom stereocenters. The molecule has 11 heteroatoms. The molecule has 0 saturated heterocycles. The Morgan fingerprint density at radius 3 is 2.34 bits per heavy atom. The van der Waals surface area contributed by atoms with Crippen LogP contribution in [0.25, 0.3) is 11.1 Å². The number of fused-ring (bicyclic) bond motifs is 2. The fourth-order valence-corrected chi connectivity index (χ4v) is 6.09. The van der Waals surface area contributed by atoms with Crippen LogP contribution in [0.3, 0.4) is 0 Å². The fraction of sp³-hybridized carbons (Fsp3) is 0.394. The maximum atomic E-state index is 15.5. The Balaban J connectivity index is 1.76. The first-order chi connectivity index (χ1) is 20.5. The average molecular weight is 618 g/mol. The quantitative estimate of drug-likeness (QED) is 0.297. The standard InChI is InChI=1S/C33H32F5NO5/c1-16-11-25-22(8-9-39(25)30(40)18-12-19(33(36,37)38)14-20(34)13-18)27(26(16)29(31(41)42)44-32(3,4)5)23-15-24(35)28-21(17(23)2)7-6-10-43-28/h11-15,29H,6-10H2,1-5H3,(H,41,42). The molecule has 0 saturated carbocycles. The average Bonchev–Trinajstić information content (AvgIpc) is 3.34. The number of carbonyl (C=O) groups is 2. The van der Waals surface area contributed by atoms with Gasteiger partial charge in [0.1, 0.15) is 5.82 Å². The second-order valence-corrected chi connectivity index (χ2v) is 12.2. The SMILES string of the molecule is Cc1cc2c(c(-c3cc(F)c4c(c3C)CCCO4)c1C(OC(C)(C)C)C(=O)O)CCN2C(=O)c1cc(F)cc(C(F)(F)F)c1. The van der Waals surface area contributed by atoms with Gasteiger partial charge in [-0.25, -0.2) is 13.6 Å². The molecule has 234 valence electrons. The summed E-state index contributed by atoms with van der Waals surface area (Å²) in [6.45, 7) is 8.95. The second kappa shape index (κ2) is 11.2. The van der Waals surface area contributed by atoms with Crippen LogP contribution in [-0.2, 0) is 28.5 Å². The van der Waals surface area contributed by atoms with E-state index in [-0.39, 0.29) is 24.3 Å². The molecule has 2 heterocycles. The summed E-state index contributed by atoms with van der Waals surface area (Å²) < 4.78 is 81.7. The van der Waals surface area contributed by atoms with E-state index in [0.29, 0.717) is 70.6 Å². The number of anilines is 1. The van der Waals surface area contributed by atoms with Crippen LogP contribution < -0.4 is 9.64 Å². The topological polar surface area (TPSA) is 76.1 Å². The van der Waals surface area contributed by atoms with Crippen molar-refractivity contribution in [2.24, 2.45) is 0 Å². The second-order valence-electron chi connectivity index (χ2n) is 12.2. The highest BCUT2D eigenvalue weighted by Crippen LogP contribution is 2.48. The Morgan fingerprint density at radius 2 is 1.70 bits per heavy atom. The third-order valence-electron chi connectivity index (χ3n) is 7.92. The summed E-state index contributed by atoms with van der Waals surface area (Å²) in [4.78, 5) is 27.6. The first-order valence-corrected chi connectivity index (χ1v) is 14.2. The highest BCUT2D eigenvalue weighted by molar-refractivity contribution is 6.08. The zero-order valence-corrected chi connectivity index (χ0v) is 24.9. The van der Waals surface area contributed by atoms with E-state index in [0.717, 1.165) is 6.07 Å². The number of nitrogens with zero attached hydrogens (tertiary/aromatic N) is 1. The van der Waals surface area contributed by atoms with E-state index in [2.05, 4.69) is 0 Å². The van der Waals surface area contributed by atoms with E-state index in [1.165, 1.54) is 11.0 Å². The minimum absolute atomic E-state index is 0.0232. The van der Waals surface area contributed by atoms with Crippen molar-refractivity contribution in [3.63, 3.8) is 0 Å². The fourth-order valence-electron chi connectivity index (χ4n) is 6.09. The molecule has 5 rings (SSSR count). The molecular weight excluding hydrogens is 585 g/mol. The van der Waals surface area contributed by atoms with E-state index in [1.54, 1.807) is 40.7 Å². The highest BCUT2D eigenvalue weighted by atomic mass is 19.4. The molecular formula is C33H32F5NO5. The molecule has 2 aliphatic heterocycles. The summed E-state index contributed by atoms with van der Waals surface area (Å²) in [6, 6.07) is 4.55. The van der Waals surface area contributed by atoms with Crippen LogP contribution in [0.2, 0.25) is 0 Å². The van der Waals surface area contributed by atoms with Crippen molar-refractivity contribution >= 4 is 17.6 Å². The molecule has 0 bridgehead atoms. The van der Waals surface area contributed by atoms with Crippen LogP contribution in [0.5, 0.6) is 5.75 Å². The van der Waals surface area contributed by atoms with Gasteiger partial charge in [0.15, 0.2) is 17.7 Å². The zero-order valence-electron chi connectivity index (χ0n) is 24.9. The van der Waals surface area contributed by atoms with Gasteiger partial charge >= 0.3 is 12.1 Å². The third-order valence-corrected chi connectivity index (χ3v) is 7.92. The van der Waals surface area contributed by atoms with Crippen molar-refractivity contribution in [2.75, 3.05) is 18.1 Å². The van der Waals surface area contributed by atoms with Gasteiger partial charge in [0.2, 0.25) is 0 Å².